The Hall–Kier alpha value is -2.60. The van der Waals surface area contributed by atoms with Crippen molar-refractivity contribution in [2.24, 2.45) is 0 Å². The lowest BCUT2D eigenvalue weighted by Crippen LogP contribution is -2.38. The molecule has 3 aromatic rings. The number of fused-ring (bicyclic) bond motifs is 1. The zero-order chi connectivity index (χ0) is 23.7. The molecule has 0 atom stereocenters. The Kier molecular flexibility index (Phi) is 6.77. The Bertz CT molecular complexity index is 1270. The van der Waals surface area contributed by atoms with Gasteiger partial charge in [-0.3, -0.25) is 18.9 Å². The van der Waals surface area contributed by atoms with Crippen molar-refractivity contribution in [2.45, 2.75) is 76.0 Å². The molecule has 0 radical (unpaired) electrons. The van der Waals surface area contributed by atoms with Gasteiger partial charge in [-0.25, -0.2) is 9.78 Å². The van der Waals surface area contributed by atoms with E-state index in [0.29, 0.717) is 49.3 Å². The van der Waals surface area contributed by atoms with Crippen molar-refractivity contribution in [3.8, 4) is 0 Å². The average Bonchev–Trinajstić information content (AvgIpc) is 3.49. The SMILES string of the molecule is CCCCn1c(=O)[nH]c(=O)c2c1nc(CSc1nnc(N3CCOCC3)n1C1CC1)n2CCC. The average molecular weight is 489 g/mol. The predicted molar refractivity (Wildman–Crippen MR) is 131 cm³/mol. The van der Waals surface area contributed by atoms with Gasteiger partial charge in [0.05, 0.1) is 19.0 Å². The molecule has 34 heavy (non-hydrogen) atoms. The minimum absolute atomic E-state index is 0.374. The van der Waals surface area contributed by atoms with Gasteiger partial charge in [0.15, 0.2) is 16.3 Å². The van der Waals surface area contributed by atoms with Gasteiger partial charge in [-0.05, 0) is 25.7 Å². The van der Waals surface area contributed by atoms with Crippen molar-refractivity contribution >= 4 is 28.9 Å². The molecule has 0 bridgehead atoms. The molecule has 2 aliphatic rings. The van der Waals surface area contributed by atoms with Crippen molar-refractivity contribution in [1.29, 1.82) is 0 Å². The minimum atomic E-state index is -0.394. The third-order valence-corrected chi connectivity index (χ3v) is 7.27. The van der Waals surface area contributed by atoms with Crippen molar-refractivity contribution in [1.82, 2.24) is 33.9 Å². The van der Waals surface area contributed by atoms with Crippen LogP contribution >= 0.6 is 11.8 Å². The van der Waals surface area contributed by atoms with Gasteiger partial charge in [-0.15, -0.1) is 10.2 Å². The number of ether oxygens (including phenoxy) is 1. The summed E-state index contributed by atoms with van der Waals surface area (Å²) in [6.45, 7) is 8.40. The Balaban J connectivity index is 1.48. The maximum absolute atomic E-state index is 12.8. The van der Waals surface area contributed by atoms with Crippen LogP contribution in [0.25, 0.3) is 11.2 Å². The number of aryl methyl sites for hydroxylation is 2. The Morgan fingerprint density at radius 3 is 2.56 bits per heavy atom. The van der Waals surface area contributed by atoms with Gasteiger partial charge in [0.2, 0.25) is 5.95 Å². The highest BCUT2D eigenvalue weighted by Gasteiger charge is 2.32. The summed E-state index contributed by atoms with van der Waals surface area (Å²) in [5.41, 5.74) is 0.186. The zero-order valence-electron chi connectivity index (χ0n) is 19.8. The monoisotopic (exact) mass is 488 g/mol. The molecule has 1 saturated carbocycles. The van der Waals surface area contributed by atoms with E-state index in [2.05, 4.69) is 38.5 Å². The first-order valence-electron chi connectivity index (χ1n) is 12.2. The van der Waals surface area contributed by atoms with Gasteiger partial charge in [-0.1, -0.05) is 32.0 Å². The second kappa shape index (κ2) is 9.95. The number of morpholine rings is 1. The number of anilines is 1. The van der Waals surface area contributed by atoms with Crippen molar-refractivity contribution in [2.75, 3.05) is 31.2 Å². The molecule has 0 unspecified atom stereocenters. The summed E-state index contributed by atoms with van der Waals surface area (Å²) in [4.78, 5) is 34.8. The second-order valence-corrected chi connectivity index (χ2v) is 9.83. The fourth-order valence-electron chi connectivity index (χ4n) is 4.44. The fraction of sp³-hybridized carbons (Fsp3) is 0.682. The van der Waals surface area contributed by atoms with Crippen LogP contribution in [0, 0.1) is 0 Å². The minimum Gasteiger partial charge on any atom is -0.378 e. The summed E-state index contributed by atoms with van der Waals surface area (Å²) in [7, 11) is 0. The first-order chi connectivity index (χ1) is 16.6. The molecule has 1 N–H and O–H groups in total. The van der Waals surface area contributed by atoms with Gasteiger partial charge in [-0.2, -0.15) is 0 Å². The van der Waals surface area contributed by atoms with Gasteiger partial charge >= 0.3 is 5.69 Å². The molecule has 0 spiro atoms. The first-order valence-corrected chi connectivity index (χ1v) is 13.2. The third kappa shape index (κ3) is 4.40. The molecule has 4 heterocycles. The Morgan fingerprint density at radius 1 is 1.06 bits per heavy atom. The number of nitrogens with one attached hydrogen (secondary N) is 1. The van der Waals surface area contributed by atoms with E-state index in [1.54, 1.807) is 16.3 Å². The number of aromatic amines is 1. The standard InChI is InChI=1S/C22H32N8O3S/c1-3-5-9-29-18-17(19(31)24-21(29)32)28(8-4-2)16(23-18)14-34-22-26-25-20(30(22)15-6-7-15)27-10-12-33-13-11-27/h15H,3-14H2,1-2H3,(H,24,31,32). The van der Waals surface area contributed by atoms with Crippen LogP contribution < -0.4 is 16.1 Å². The van der Waals surface area contributed by atoms with E-state index in [-0.39, 0.29) is 5.56 Å². The van der Waals surface area contributed by atoms with Crippen LogP contribution in [0.5, 0.6) is 0 Å². The molecule has 2 fully saturated rings. The number of rotatable bonds is 10. The number of thioether (sulfide) groups is 1. The molecule has 0 amide bonds. The summed E-state index contributed by atoms with van der Waals surface area (Å²) in [6, 6.07) is 0.437. The number of nitrogens with zero attached hydrogens (tertiary/aromatic N) is 7. The van der Waals surface area contributed by atoms with Crippen molar-refractivity contribution in [3.63, 3.8) is 0 Å². The van der Waals surface area contributed by atoms with E-state index in [0.717, 1.165) is 62.1 Å². The molecule has 0 aromatic carbocycles. The van der Waals surface area contributed by atoms with Crippen molar-refractivity contribution < 1.29 is 4.74 Å². The number of unbranched alkanes of at least 4 members (excludes halogenated alkanes) is 1. The topological polar surface area (TPSA) is 116 Å². The van der Waals surface area contributed by atoms with Crippen LogP contribution in [-0.4, -0.2) is 60.2 Å². The Labute approximate surface area is 201 Å². The molecule has 1 aliphatic heterocycles. The summed E-state index contributed by atoms with van der Waals surface area (Å²) < 4.78 is 11.3. The third-order valence-electron chi connectivity index (χ3n) is 6.33. The molecule has 3 aromatic heterocycles. The van der Waals surface area contributed by atoms with Crippen LogP contribution in [-0.2, 0) is 23.6 Å². The van der Waals surface area contributed by atoms with E-state index in [1.807, 2.05) is 4.57 Å². The van der Waals surface area contributed by atoms with Crippen LogP contribution in [0.15, 0.2) is 14.7 Å². The van der Waals surface area contributed by atoms with E-state index in [1.165, 1.54) is 0 Å². The molecule has 1 saturated heterocycles. The molecule has 12 heteroatoms. The van der Waals surface area contributed by atoms with Gasteiger partial charge in [0, 0.05) is 32.2 Å². The lowest BCUT2D eigenvalue weighted by molar-refractivity contribution is 0.121. The summed E-state index contributed by atoms with van der Waals surface area (Å²) in [6.07, 6.45) is 4.93. The van der Waals surface area contributed by atoms with Crippen LogP contribution in [0.2, 0.25) is 0 Å². The summed E-state index contributed by atoms with van der Waals surface area (Å²) in [5.74, 6) is 2.24. The van der Waals surface area contributed by atoms with Crippen LogP contribution in [0.1, 0.15) is 57.8 Å². The number of imidazole rings is 1. The fourth-order valence-corrected chi connectivity index (χ4v) is 5.39. The highest BCUT2D eigenvalue weighted by atomic mass is 32.2. The molecule has 1 aliphatic carbocycles. The molecular formula is C22H32N8O3S. The Morgan fingerprint density at radius 2 is 1.85 bits per heavy atom. The highest BCUT2D eigenvalue weighted by molar-refractivity contribution is 7.98. The van der Waals surface area contributed by atoms with Gasteiger partial charge < -0.3 is 14.2 Å². The van der Waals surface area contributed by atoms with E-state index in [9.17, 15) is 9.59 Å². The number of hydrogen-bond acceptors (Lipinski definition) is 8. The number of aromatic nitrogens is 7. The van der Waals surface area contributed by atoms with Gasteiger partial charge in [0.25, 0.3) is 5.56 Å². The van der Waals surface area contributed by atoms with Crippen molar-refractivity contribution in [3.05, 3.63) is 26.7 Å². The maximum atomic E-state index is 12.8. The van der Waals surface area contributed by atoms with Crippen LogP contribution in [0.4, 0.5) is 5.95 Å². The molecular weight excluding hydrogens is 456 g/mol. The number of H-pyrrole nitrogens is 1. The molecule has 11 nitrogen and oxygen atoms in total. The lowest BCUT2D eigenvalue weighted by atomic mass is 10.3. The normalized spacial score (nSPS) is 16.6. The second-order valence-electron chi connectivity index (χ2n) is 8.89. The van der Waals surface area contributed by atoms with Crippen LogP contribution in [0.3, 0.4) is 0 Å². The summed E-state index contributed by atoms with van der Waals surface area (Å²) in [5, 5.41) is 9.92. The predicted octanol–water partition coefficient (Wildman–Crippen LogP) is 2.15. The summed E-state index contributed by atoms with van der Waals surface area (Å²) >= 11 is 1.59. The smallest absolute Gasteiger partial charge is 0.330 e. The molecule has 184 valence electrons. The van der Waals surface area contributed by atoms with Gasteiger partial charge in [0.1, 0.15) is 5.82 Å². The first kappa shape index (κ1) is 23.2. The van der Waals surface area contributed by atoms with E-state index in [4.69, 9.17) is 9.72 Å². The molecule has 5 rings (SSSR count). The zero-order valence-corrected chi connectivity index (χ0v) is 20.6. The quantitative estimate of drug-likeness (QED) is 0.432. The van der Waals surface area contributed by atoms with E-state index >= 15 is 0 Å². The van der Waals surface area contributed by atoms with E-state index < -0.39 is 5.69 Å². The lowest BCUT2D eigenvalue weighted by Gasteiger charge is -2.27. The number of hydrogen-bond donors (Lipinski definition) is 1. The highest BCUT2D eigenvalue weighted by Crippen LogP contribution is 2.41. The largest absolute Gasteiger partial charge is 0.378 e. The maximum Gasteiger partial charge on any atom is 0.330 e.